The molecule has 3 rings (SSSR count). The largest absolute Gasteiger partial charge is 0.451 e. The van der Waals surface area contributed by atoms with E-state index >= 15 is 0 Å². The molecule has 0 saturated heterocycles. The Bertz CT molecular complexity index is 750. The molecule has 3 aromatic rings. The molecule has 0 unspecified atom stereocenters. The number of carbonyl (C=O) groups is 1. The number of furan rings is 1. The lowest BCUT2D eigenvalue weighted by molar-refractivity contribution is 0.0958. The maximum Gasteiger partial charge on any atom is 0.198 e. The lowest BCUT2D eigenvalue weighted by atomic mass is 10.1. The summed E-state index contributed by atoms with van der Waals surface area (Å²) in [6.45, 7) is 0. The van der Waals surface area contributed by atoms with E-state index in [2.05, 4.69) is 4.98 Å². The molecule has 3 nitrogen and oxygen atoms in total. The van der Waals surface area contributed by atoms with E-state index in [4.69, 9.17) is 16.0 Å². The summed E-state index contributed by atoms with van der Waals surface area (Å²) in [4.78, 5) is 16.2. The average Bonchev–Trinajstić information content (AvgIpc) is 2.91. The second-order valence-corrected chi connectivity index (χ2v) is 4.96. The number of ketones is 1. The molecule has 100 valence electrons. The summed E-state index contributed by atoms with van der Waals surface area (Å²) in [6, 6.07) is 11.0. The number of Topliss-reactive ketones (excluding diaryl/α,β-unsaturated/α-hetero) is 1. The van der Waals surface area contributed by atoms with Gasteiger partial charge in [-0.15, -0.1) is 0 Å². The van der Waals surface area contributed by atoms with Crippen molar-refractivity contribution in [1.29, 1.82) is 0 Å². The zero-order chi connectivity index (χ0) is 13.9. The van der Waals surface area contributed by atoms with Crippen molar-refractivity contribution in [2.24, 2.45) is 0 Å². The van der Waals surface area contributed by atoms with Crippen LogP contribution in [0.15, 0.2) is 53.2 Å². The molecule has 2 aromatic heterocycles. The molecule has 0 aliphatic rings. The van der Waals surface area contributed by atoms with E-state index in [1.54, 1.807) is 24.5 Å². The van der Waals surface area contributed by atoms with Crippen LogP contribution in [0.2, 0.25) is 5.02 Å². The van der Waals surface area contributed by atoms with Crippen LogP contribution in [0.5, 0.6) is 0 Å². The van der Waals surface area contributed by atoms with Crippen LogP contribution in [0.4, 0.5) is 0 Å². The SMILES string of the molecule is O=C(CCc1cccnc1)c1cc2cccc(Cl)c2o1. The number of fused-ring (bicyclic) bond motifs is 1. The second kappa shape index (κ2) is 5.47. The number of nitrogens with zero attached hydrogens (tertiary/aromatic N) is 1. The van der Waals surface area contributed by atoms with Crippen molar-refractivity contribution in [3.63, 3.8) is 0 Å². The number of carbonyl (C=O) groups excluding carboxylic acids is 1. The van der Waals surface area contributed by atoms with Gasteiger partial charge in [0, 0.05) is 24.2 Å². The second-order valence-electron chi connectivity index (χ2n) is 4.55. The summed E-state index contributed by atoms with van der Waals surface area (Å²) in [6.07, 6.45) is 4.52. The van der Waals surface area contributed by atoms with Crippen LogP contribution < -0.4 is 0 Å². The van der Waals surface area contributed by atoms with Crippen molar-refractivity contribution in [2.45, 2.75) is 12.8 Å². The number of rotatable bonds is 4. The number of aromatic nitrogens is 1. The minimum Gasteiger partial charge on any atom is -0.451 e. The van der Waals surface area contributed by atoms with E-state index in [0.717, 1.165) is 10.9 Å². The highest BCUT2D eigenvalue weighted by Gasteiger charge is 2.13. The first-order valence-corrected chi connectivity index (χ1v) is 6.72. The van der Waals surface area contributed by atoms with Gasteiger partial charge in [-0.1, -0.05) is 29.8 Å². The summed E-state index contributed by atoms with van der Waals surface area (Å²) < 4.78 is 5.55. The molecule has 20 heavy (non-hydrogen) atoms. The Kier molecular flexibility index (Phi) is 3.52. The summed E-state index contributed by atoms with van der Waals surface area (Å²) in [5.74, 6) is 0.332. The smallest absolute Gasteiger partial charge is 0.198 e. The monoisotopic (exact) mass is 285 g/mol. The van der Waals surface area contributed by atoms with Crippen LogP contribution >= 0.6 is 11.6 Å². The van der Waals surface area contributed by atoms with Crippen LogP contribution in [0, 0.1) is 0 Å². The van der Waals surface area contributed by atoms with Gasteiger partial charge >= 0.3 is 0 Å². The van der Waals surface area contributed by atoms with Gasteiger partial charge in [-0.25, -0.2) is 0 Å². The number of benzene rings is 1. The minimum absolute atomic E-state index is 0.0267. The Balaban J connectivity index is 1.77. The van der Waals surface area contributed by atoms with Crippen molar-refractivity contribution in [2.75, 3.05) is 0 Å². The van der Waals surface area contributed by atoms with Crippen molar-refractivity contribution < 1.29 is 9.21 Å². The summed E-state index contributed by atoms with van der Waals surface area (Å²) in [5, 5.41) is 1.37. The molecular formula is C16H12ClNO2. The van der Waals surface area contributed by atoms with Gasteiger partial charge in [-0.2, -0.15) is 0 Å². The molecule has 0 fully saturated rings. The first kappa shape index (κ1) is 12.9. The number of hydrogen-bond donors (Lipinski definition) is 0. The van der Waals surface area contributed by atoms with E-state index in [1.165, 1.54) is 0 Å². The molecule has 0 atom stereocenters. The highest BCUT2D eigenvalue weighted by atomic mass is 35.5. The summed E-state index contributed by atoms with van der Waals surface area (Å²) in [5.41, 5.74) is 1.61. The predicted octanol–water partition coefficient (Wildman–Crippen LogP) is 4.30. The highest BCUT2D eigenvalue weighted by Crippen LogP contribution is 2.27. The fraction of sp³-hybridized carbons (Fsp3) is 0.125. The first-order valence-electron chi connectivity index (χ1n) is 6.34. The van der Waals surface area contributed by atoms with Gasteiger partial charge in [0.15, 0.2) is 17.1 Å². The van der Waals surface area contributed by atoms with E-state index in [9.17, 15) is 4.79 Å². The third-order valence-electron chi connectivity index (χ3n) is 3.13. The third kappa shape index (κ3) is 2.58. The van der Waals surface area contributed by atoms with Crippen molar-refractivity contribution in [1.82, 2.24) is 4.98 Å². The zero-order valence-corrected chi connectivity index (χ0v) is 11.4. The Morgan fingerprint density at radius 2 is 2.15 bits per heavy atom. The van der Waals surface area contributed by atoms with Gasteiger partial charge in [0.05, 0.1) is 5.02 Å². The minimum atomic E-state index is -0.0267. The predicted molar refractivity (Wildman–Crippen MR) is 78.1 cm³/mol. The first-order chi connectivity index (χ1) is 9.74. The number of halogens is 1. The van der Waals surface area contributed by atoms with E-state index in [1.807, 2.05) is 24.3 Å². The molecular weight excluding hydrogens is 274 g/mol. The molecule has 0 N–H and O–H groups in total. The van der Waals surface area contributed by atoms with Crippen LogP contribution in [-0.2, 0) is 6.42 Å². The van der Waals surface area contributed by atoms with Crippen LogP contribution in [-0.4, -0.2) is 10.8 Å². The lowest BCUT2D eigenvalue weighted by Gasteiger charge is -1.98. The number of aryl methyl sites for hydroxylation is 1. The maximum atomic E-state index is 12.1. The fourth-order valence-electron chi connectivity index (χ4n) is 2.09. The Morgan fingerprint density at radius 3 is 2.90 bits per heavy atom. The average molecular weight is 286 g/mol. The molecule has 1 aromatic carbocycles. The lowest BCUT2D eigenvalue weighted by Crippen LogP contribution is -1.99. The van der Waals surface area contributed by atoms with Crippen LogP contribution in [0.1, 0.15) is 22.5 Å². The van der Waals surface area contributed by atoms with Crippen LogP contribution in [0.25, 0.3) is 11.0 Å². The summed E-state index contributed by atoms with van der Waals surface area (Å²) >= 11 is 6.03. The van der Waals surface area contributed by atoms with Crippen molar-refractivity contribution in [3.8, 4) is 0 Å². The molecule has 2 heterocycles. The van der Waals surface area contributed by atoms with E-state index in [0.29, 0.717) is 29.2 Å². The Labute approximate surface area is 121 Å². The molecule has 0 bridgehead atoms. The van der Waals surface area contributed by atoms with Crippen molar-refractivity contribution in [3.05, 3.63) is 65.1 Å². The maximum absolute atomic E-state index is 12.1. The molecule has 0 spiro atoms. The van der Waals surface area contributed by atoms with Gasteiger partial charge < -0.3 is 4.42 Å². The molecule has 0 aliphatic heterocycles. The fourth-order valence-corrected chi connectivity index (χ4v) is 2.31. The topological polar surface area (TPSA) is 43.1 Å². The van der Waals surface area contributed by atoms with E-state index in [-0.39, 0.29) is 5.78 Å². The standard InChI is InChI=1S/C16H12ClNO2/c17-13-5-1-4-12-9-15(20-16(12)13)14(19)7-6-11-3-2-8-18-10-11/h1-5,8-10H,6-7H2. The third-order valence-corrected chi connectivity index (χ3v) is 3.43. The van der Waals surface area contributed by atoms with Gasteiger partial charge in [0.2, 0.25) is 0 Å². The van der Waals surface area contributed by atoms with E-state index < -0.39 is 0 Å². The molecule has 0 aliphatic carbocycles. The van der Waals surface area contributed by atoms with Gasteiger partial charge in [0.1, 0.15) is 0 Å². The Morgan fingerprint density at radius 1 is 1.25 bits per heavy atom. The zero-order valence-electron chi connectivity index (χ0n) is 10.7. The molecule has 4 heteroatoms. The number of pyridine rings is 1. The van der Waals surface area contributed by atoms with Crippen LogP contribution in [0.3, 0.4) is 0 Å². The van der Waals surface area contributed by atoms with Gasteiger partial charge in [-0.05, 0) is 30.2 Å². The summed E-state index contributed by atoms with van der Waals surface area (Å²) in [7, 11) is 0. The molecule has 0 saturated carbocycles. The number of para-hydroxylation sites is 1. The van der Waals surface area contributed by atoms with Gasteiger partial charge in [0.25, 0.3) is 0 Å². The quantitative estimate of drug-likeness (QED) is 0.671. The molecule has 0 radical (unpaired) electrons. The molecule has 0 amide bonds. The number of hydrogen-bond acceptors (Lipinski definition) is 3. The van der Waals surface area contributed by atoms with Crippen molar-refractivity contribution >= 4 is 28.4 Å². The van der Waals surface area contributed by atoms with Gasteiger partial charge in [-0.3, -0.25) is 9.78 Å². The normalized spacial score (nSPS) is 10.8. The Hall–Kier alpha value is -2.13. The highest BCUT2D eigenvalue weighted by molar-refractivity contribution is 6.34.